The van der Waals surface area contributed by atoms with E-state index in [0.29, 0.717) is 24.5 Å². The van der Waals surface area contributed by atoms with Crippen molar-refractivity contribution in [3.8, 4) is 0 Å². The van der Waals surface area contributed by atoms with Crippen LogP contribution in [0.4, 0.5) is 0 Å². The first-order chi connectivity index (χ1) is 23.1. The highest BCUT2D eigenvalue weighted by molar-refractivity contribution is 5.99. The van der Waals surface area contributed by atoms with Crippen molar-refractivity contribution in [2.24, 2.45) is 11.8 Å². The van der Waals surface area contributed by atoms with Gasteiger partial charge in [0.15, 0.2) is 0 Å². The molecule has 0 fully saturated rings. The molecule has 3 heterocycles. The van der Waals surface area contributed by atoms with E-state index in [-0.39, 0.29) is 48.1 Å². The molecular formula is C38H42N6O4. The van der Waals surface area contributed by atoms with Gasteiger partial charge in [-0.3, -0.25) is 24.2 Å². The van der Waals surface area contributed by atoms with Crippen molar-refractivity contribution in [1.82, 2.24) is 30.4 Å². The third kappa shape index (κ3) is 8.50. The number of benzene rings is 2. The smallest absolute Gasteiger partial charge is 0.270 e. The van der Waals surface area contributed by atoms with Gasteiger partial charge in [-0.2, -0.15) is 0 Å². The molecule has 4 bridgehead atoms. The topological polar surface area (TPSA) is 125 Å². The van der Waals surface area contributed by atoms with Gasteiger partial charge in [0.05, 0.1) is 24.5 Å². The molecule has 10 nitrogen and oxygen atoms in total. The van der Waals surface area contributed by atoms with Crippen molar-refractivity contribution in [2.75, 3.05) is 0 Å². The molecule has 0 unspecified atom stereocenters. The molecule has 1 aliphatic heterocycles. The van der Waals surface area contributed by atoms with Crippen LogP contribution in [-0.2, 0) is 35.8 Å². The molecule has 1 aliphatic rings. The van der Waals surface area contributed by atoms with Crippen molar-refractivity contribution >= 4 is 23.6 Å². The van der Waals surface area contributed by atoms with Crippen molar-refractivity contribution in [3.63, 3.8) is 0 Å². The van der Waals surface area contributed by atoms with Gasteiger partial charge in [0, 0.05) is 13.1 Å². The molecule has 4 amide bonds. The molecule has 0 aliphatic carbocycles. The molecule has 5 rings (SSSR count). The van der Waals surface area contributed by atoms with Crippen LogP contribution in [0.5, 0.6) is 0 Å². The van der Waals surface area contributed by atoms with E-state index in [9.17, 15) is 19.2 Å². The standard InChI is InChI=1S/C38H42N6O4/c1-25(2)33-37(47)43(21-27-13-7-5-8-14-27)23-29-17-11-18-30(39-29)24-44(22-28-15-9-6-10-16-28)38(48)34(26(3)4)42-36(46)32-20-12-19-31(40-32)35(45)41-33/h5-20,25-26,33-34H,21-24H2,1-4H3,(H,41,45)(H,42,46)/t33-,34-/m0/s1. The second-order valence-electron chi connectivity index (χ2n) is 12.8. The van der Waals surface area contributed by atoms with Gasteiger partial charge < -0.3 is 20.4 Å². The number of pyridine rings is 2. The molecule has 0 saturated carbocycles. The van der Waals surface area contributed by atoms with Crippen LogP contribution < -0.4 is 10.6 Å². The number of amides is 4. The summed E-state index contributed by atoms with van der Waals surface area (Å²) in [6, 6.07) is 27.7. The fourth-order valence-corrected chi connectivity index (χ4v) is 5.67. The molecule has 0 radical (unpaired) electrons. The Hall–Kier alpha value is -5.38. The minimum Gasteiger partial charge on any atom is -0.339 e. The number of nitrogens with one attached hydrogen (secondary N) is 2. The third-order valence-corrected chi connectivity index (χ3v) is 8.28. The molecule has 10 heteroatoms. The van der Waals surface area contributed by atoms with Gasteiger partial charge in [-0.15, -0.1) is 0 Å². The molecule has 2 N–H and O–H groups in total. The van der Waals surface area contributed by atoms with Crippen molar-refractivity contribution in [3.05, 3.63) is 131 Å². The summed E-state index contributed by atoms with van der Waals surface area (Å²) in [5.41, 5.74) is 3.12. The Morgan fingerprint density at radius 1 is 0.562 bits per heavy atom. The highest BCUT2D eigenvalue weighted by atomic mass is 16.2. The lowest BCUT2D eigenvalue weighted by molar-refractivity contribution is -0.136. The Balaban J connectivity index is 1.59. The Bertz CT molecular complexity index is 1620. The Labute approximate surface area is 281 Å². The van der Waals surface area contributed by atoms with Gasteiger partial charge in [0.25, 0.3) is 11.8 Å². The minimum absolute atomic E-state index is 0.00989. The zero-order valence-electron chi connectivity index (χ0n) is 27.8. The average molecular weight is 647 g/mol. The van der Waals surface area contributed by atoms with Gasteiger partial charge in [0.2, 0.25) is 11.8 Å². The van der Waals surface area contributed by atoms with E-state index in [1.165, 1.54) is 12.1 Å². The molecular weight excluding hydrogens is 604 g/mol. The van der Waals surface area contributed by atoms with Gasteiger partial charge in [-0.1, -0.05) is 100 Å². The van der Waals surface area contributed by atoms with E-state index in [0.717, 1.165) is 11.1 Å². The molecule has 0 spiro atoms. The normalized spacial score (nSPS) is 18.0. The Morgan fingerprint density at radius 3 is 1.35 bits per heavy atom. The van der Waals surface area contributed by atoms with Gasteiger partial charge in [-0.25, -0.2) is 4.98 Å². The number of hydrogen-bond donors (Lipinski definition) is 2. The van der Waals surface area contributed by atoms with Gasteiger partial charge in [0.1, 0.15) is 23.5 Å². The summed E-state index contributed by atoms with van der Waals surface area (Å²) < 4.78 is 0. The lowest BCUT2D eigenvalue weighted by Gasteiger charge is -2.31. The number of carbonyl (C=O) groups is 4. The summed E-state index contributed by atoms with van der Waals surface area (Å²) in [5.74, 6) is -2.21. The number of hydrogen-bond acceptors (Lipinski definition) is 6. The maximum atomic E-state index is 14.2. The van der Waals surface area contributed by atoms with E-state index in [2.05, 4.69) is 15.6 Å². The third-order valence-electron chi connectivity index (χ3n) is 8.28. The molecule has 2 atom stereocenters. The first kappa shape index (κ1) is 34.0. The number of fused-ring (bicyclic) bond motifs is 4. The predicted octanol–water partition coefficient (Wildman–Crippen LogP) is 4.76. The number of rotatable bonds is 6. The van der Waals surface area contributed by atoms with Crippen LogP contribution in [-0.4, -0.2) is 55.5 Å². The number of aromatic nitrogens is 2. The number of nitrogens with zero attached hydrogens (tertiary/aromatic N) is 4. The van der Waals surface area contributed by atoms with Crippen LogP contribution in [0.1, 0.15) is 71.2 Å². The van der Waals surface area contributed by atoms with Crippen molar-refractivity contribution in [1.29, 1.82) is 0 Å². The quantitative estimate of drug-likeness (QED) is 0.312. The van der Waals surface area contributed by atoms with Crippen molar-refractivity contribution < 1.29 is 19.2 Å². The summed E-state index contributed by atoms with van der Waals surface area (Å²) in [4.78, 5) is 68.2. The minimum atomic E-state index is -0.869. The van der Waals surface area contributed by atoms with E-state index >= 15 is 0 Å². The predicted molar refractivity (Wildman–Crippen MR) is 182 cm³/mol. The monoisotopic (exact) mass is 646 g/mol. The van der Waals surface area contributed by atoms with Gasteiger partial charge >= 0.3 is 0 Å². The maximum Gasteiger partial charge on any atom is 0.270 e. The second-order valence-corrected chi connectivity index (χ2v) is 12.8. The maximum absolute atomic E-state index is 14.2. The second kappa shape index (κ2) is 15.5. The summed E-state index contributed by atoms with van der Waals surface area (Å²) >= 11 is 0. The fraction of sp³-hybridized carbons (Fsp3) is 0.316. The van der Waals surface area contributed by atoms with Crippen LogP contribution in [0.25, 0.3) is 0 Å². The van der Waals surface area contributed by atoms with Crippen LogP contribution in [0, 0.1) is 11.8 Å². The van der Waals surface area contributed by atoms with E-state index < -0.39 is 23.9 Å². The summed E-state index contributed by atoms with van der Waals surface area (Å²) in [6.07, 6.45) is 0. The fourth-order valence-electron chi connectivity index (χ4n) is 5.67. The van der Waals surface area contributed by atoms with Gasteiger partial charge in [-0.05, 0) is 47.2 Å². The summed E-state index contributed by atoms with van der Waals surface area (Å²) in [6.45, 7) is 8.45. The SMILES string of the molecule is CC(C)[C@@H]1NC(=O)c2cccc(n2)C(=O)N[C@@H](C(C)C)C(=O)N(Cc2ccccc2)Cc2cccc(n2)CN(Cc2ccccc2)C1=O. The van der Waals surface area contributed by atoms with Crippen molar-refractivity contribution in [2.45, 2.75) is 66.0 Å². The molecule has 2 aromatic carbocycles. The van der Waals surface area contributed by atoms with E-state index in [1.54, 1.807) is 15.9 Å². The average Bonchev–Trinajstić information content (AvgIpc) is 3.08. The summed E-state index contributed by atoms with van der Waals surface area (Å²) in [5, 5.41) is 5.75. The van der Waals surface area contributed by atoms with E-state index in [4.69, 9.17) is 4.98 Å². The highest BCUT2D eigenvalue weighted by Gasteiger charge is 2.32. The lowest BCUT2D eigenvalue weighted by Crippen LogP contribution is -2.51. The van der Waals surface area contributed by atoms with Crippen LogP contribution in [0.3, 0.4) is 0 Å². The zero-order valence-corrected chi connectivity index (χ0v) is 27.8. The molecule has 4 aromatic rings. The van der Waals surface area contributed by atoms with E-state index in [1.807, 2.05) is 107 Å². The Morgan fingerprint density at radius 2 is 0.958 bits per heavy atom. The number of carbonyl (C=O) groups excluding carboxylic acids is 4. The van der Waals surface area contributed by atoms with Crippen LogP contribution in [0.15, 0.2) is 97.1 Å². The summed E-state index contributed by atoms with van der Waals surface area (Å²) in [7, 11) is 0. The first-order valence-corrected chi connectivity index (χ1v) is 16.3. The van der Waals surface area contributed by atoms with Crippen LogP contribution in [0.2, 0.25) is 0 Å². The molecule has 2 aromatic heterocycles. The first-order valence-electron chi connectivity index (χ1n) is 16.3. The Kier molecular flexibility index (Phi) is 10.9. The largest absolute Gasteiger partial charge is 0.339 e. The lowest BCUT2D eigenvalue weighted by atomic mass is 10.0. The zero-order chi connectivity index (χ0) is 34.2. The molecule has 248 valence electrons. The molecule has 48 heavy (non-hydrogen) atoms. The van der Waals surface area contributed by atoms with Crippen LogP contribution >= 0.6 is 0 Å². The highest BCUT2D eigenvalue weighted by Crippen LogP contribution is 2.18. The molecule has 0 saturated heterocycles.